The second kappa shape index (κ2) is 5.97. The van der Waals surface area contributed by atoms with Crippen LogP contribution in [0.5, 0.6) is 0 Å². The lowest BCUT2D eigenvalue weighted by molar-refractivity contribution is 0.142. The second-order valence-electron chi connectivity index (χ2n) is 4.44. The average Bonchev–Trinajstić information content (AvgIpc) is 2.33. The molecule has 0 amide bonds. The van der Waals surface area contributed by atoms with Crippen molar-refractivity contribution in [2.24, 2.45) is 0 Å². The Balaban J connectivity index is 1.96. The van der Waals surface area contributed by atoms with Crippen molar-refractivity contribution in [3.63, 3.8) is 0 Å². The van der Waals surface area contributed by atoms with Gasteiger partial charge in [-0.05, 0) is 18.6 Å². The molecule has 1 aliphatic heterocycles. The van der Waals surface area contributed by atoms with Gasteiger partial charge in [0.1, 0.15) is 0 Å². The molecule has 1 fully saturated rings. The SMILES string of the molecule is CCCC1CNCCN1Cc1ccccn1. The van der Waals surface area contributed by atoms with E-state index < -0.39 is 0 Å². The summed E-state index contributed by atoms with van der Waals surface area (Å²) in [5, 5.41) is 3.47. The van der Waals surface area contributed by atoms with Crippen LogP contribution in [-0.2, 0) is 6.54 Å². The molecule has 3 heteroatoms. The molecule has 88 valence electrons. The van der Waals surface area contributed by atoms with Gasteiger partial charge in [0.25, 0.3) is 0 Å². The van der Waals surface area contributed by atoms with Crippen LogP contribution in [0.3, 0.4) is 0 Å². The maximum atomic E-state index is 4.41. The van der Waals surface area contributed by atoms with Crippen molar-refractivity contribution in [2.75, 3.05) is 19.6 Å². The van der Waals surface area contributed by atoms with Crippen molar-refractivity contribution in [3.8, 4) is 0 Å². The quantitative estimate of drug-likeness (QED) is 0.834. The minimum atomic E-state index is 0.681. The first kappa shape index (κ1) is 11.6. The first-order chi connectivity index (χ1) is 7.90. The van der Waals surface area contributed by atoms with E-state index in [9.17, 15) is 0 Å². The molecule has 1 N–H and O–H groups in total. The topological polar surface area (TPSA) is 28.2 Å². The molecule has 16 heavy (non-hydrogen) atoms. The third-order valence-electron chi connectivity index (χ3n) is 3.19. The molecule has 1 atom stereocenters. The molecule has 1 unspecified atom stereocenters. The Hall–Kier alpha value is -0.930. The highest BCUT2D eigenvalue weighted by molar-refractivity contribution is 5.04. The third-order valence-corrected chi connectivity index (χ3v) is 3.19. The van der Waals surface area contributed by atoms with E-state index in [1.165, 1.54) is 18.5 Å². The van der Waals surface area contributed by atoms with Gasteiger partial charge in [0.2, 0.25) is 0 Å². The summed E-state index contributed by atoms with van der Waals surface area (Å²) in [5.41, 5.74) is 1.19. The lowest BCUT2D eigenvalue weighted by Gasteiger charge is -2.35. The predicted molar refractivity (Wildman–Crippen MR) is 66.2 cm³/mol. The van der Waals surface area contributed by atoms with Gasteiger partial charge in [-0.2, -0.15) is 0 Å². The fourth-order valence-electron chi connectivity index (χ4n) is 2.33. The minimum absolute atomic E-state index is 0.681. The van der Waals surface area contributed by atoms with Crippen LogP contribution in [-0.4, -0.2) is 35.6 Å². The van der Waals surface area contributed by atoms with E-state index in [0.717, 1.165) is 26.2 Å². The summed E-state index contributed by atoms with van der Waals surface area (Å²) in [6.07, 6.45) is 4.41. The zero-order chi connectivity index (χ0) is 11.2. The van der Waals surface area contributed by atoms with E-state index in [2.05, 4.69) is 34.3 Å². The number of hydrogen-bond acceptors (Lipinski definition) is 3. The molecule has 0 radical (unpaired) electrons. The van der Waals surface area contributed by atoms with Crippen molar-refractivity contribution < 1.29 is 0 Å². The largest absolute Gasteiger partial charge is 0.314 e. The van der Waals surface area contributed by atoms with Crippen LogP contribution < -0.4 is 5.32 Å². The molecule has 2 rings (SSSR count). The Labute approximate surface area is 97.9 Å². The fraction of sp³-hybridized carbons (Fsp3) is 0.615. The van der Waals surface area contributed by atoms with E-state index in [1.54, 1.807) is 0 Å². The maximum absolute atomic E-state index is 4.41. The second-order valence-corrected chi connectivity index (χ2v) is 4.44. The number of rotatable bonds is 4. The zero-order valence-corrected chi connectivity index (χ0v) is 10.0. The van der Waals surface area contributed by atoms with Crippen LogP contribution in [0.25, 0.3) is 0 Å². The predicted octanol–water partition coefficient (Wildman–Crippen LogP) is 1.66. The molecule has 0 aliphatic carbocycles. The molecule has 2 heterocycles. The van der Waals surface area contributed by atoms with Gasteiger partial charge in [-0.15, -0.1) is 0 Å². The number of nitrogens with zero attached hydrogens (tertiary/aromatic N) is 2. The Morgan fingerprint density at radius 1 is 1.50 bits per heavy atom. The van der Waals surface area contributed by atoms with Crippen LogP contribution in [0.15, 0.2) is 24.4 Å². The highest BCUT2D eigenvalue weighted by Crippen LogP contribution is 2.12. The molecule has 0 spiro atoms. The highest BCUT2D eigenvalue weighted by Gasteiger charge is 2.21. The molecule has 1 aromatic rings. The summed E-state index contributed by atoms with van der Waals surface area (Å²) in [5.74, 6) is 0. The number of aromatic nitrogens is 1. The number of pyridine rings is 1. The Morgan fingerprint density at radius 2 is 2.44 bits per heavy atom. The monoisotopic (exact) mass is 219 g/mol. The van der Waals surface area contributed by atoms with Gasteiger partial charge in [0, 0.05) is 38.4 Å². The normalized spacial score (nSPS) is 22.2. The molecule has 1 aliphatic rings. The van der Waals surface area contributed by atoms with Crippen LogP contribution in [0.4, 0.5) is 0 Å². The van der Waals surface area contributed by atoms with E-state index in [0.29, 0.717) is 6.04 Å². The number of nitrogens with one attached hydrogen (secondary N) is 1. The van der Waals surface area contributed by atoms with Crippen molar-refractivity contribution in [1.82, 2.24) is 15.2 Å². The van der Waals surface area contributed by atoms with Crippen LogP contribution in [0, 0.1) is 0 Å². The third kappa shape index (κ3) is 3.03. The van der Waals surface area contributed by atoms with Gasteiger partial charge in [0.05, 0.1) is 5.69 Å². The fourth-order valence-corrected chi connectivity index (χ4v) is 2.33. The van der Waals surface area contributed by atoms with E-state index in [1.807, 2.05) is 12.3 Å². The lowest BCUT2D eigenvalue weighted by Crippen LogP contribution is -2.50. The minimum Gasteiger partial charge on any atom is -0.314 e. The van der Waals surface area contributed by atoms with Crippen molar-refractivity contribution >= 4 is 0 Å². The first-order valence-electron chi connectivity index (χ1n) is 6.25. The molecular formula is C13H21N3. The van der Waals surface area contributed by atoms with Crippen molar-refractivity contribution in [3.05, 3.63) is 30.1 Å². The summed E-state index contributed by atoms with van der Waals surface area (Å²) in [7, 11) is 0. The van der Waals surface area contributed by atoms with Gasteiger partial charge in [0.15, 0.2) is 0 Å². The Kier molecular flexibility index (Phi) is 4.31. The van der Waals surface area contributed by atoms with E-state index >= 15 is 0 Å². The summed E-state index contributed by atoms with van der Waals surface area (Å²) in [4.78, 5) is 6.96. The first-order valence-corrected chi connectivity index (χ1v) is 6.25. The lowest BCUT2D eigenvalue weighted by atomic mass is 10.1. The molecule has 1 aromatic heterocycles. The Morgan fingerprint density at radius 3 is 3.19 bits per heavy atom. The van der Waals surface area contributed by atoms with E-state index in [-0.39, 0.29) is 0 Å². The highest BCUT2D eigenvalue weighted by atomic mass is 15.2. The van der Waals surface area contributed by atoms with Crippen LogP contribution in [0.1, 0.15) is 25.5 Å². The molecule has 0 saturated carbocycles. The van der Waals surface area contributed by atoms with Gasteiger partial charge >= 0.3 is 0 Å². The molecule has 1 saturated heterocycles. The van der Waals surface area contributed by atoms with E-state index in [4.69, 9.17) is 0 Å². The number of hydrogen-bond donors (Lipinski definition) is 1. The van der Waals surface area contributed by atoms with Crippen molar-refractivity contribution in [1.29, 1.82) is 0 Å². The maximum Gasteiger partial charge on any atom is 0.0544 e. The molecule has 3 nitrogen and oxygen atoms in total. The molecular weight excluding hydrogens is 198 g/mol. The summed E-state index contributed by atoms with van der Waals surface area (Å²) in [6.45, 7) is 6.62. The van der Waals surface area contributed by atoms with Gasteiger partial charge in [-0.1, -0.05) is 19.4 Å². The molecule has 0 bridgehead atoms. The van der Waals surface area contributed by atoms with Crippen LogP contribution >= 0.6 is 0 Å². The smallest absolute Gasteiger partial charge is 0.0544 e. The summed E-state index contributed by atoms with van der Waals surface area (Å²) in [6, 6.07) is 6.84. The molecule has 0 aromatic carbocycles. The standard InChI is InChI=1S/C13H21N3/c1-2-5-13-10-14-8-9-16(13)11-12-6-3-4-7-15-12/h3-4,6-7,13-14H,2,5,8-11H2,1H3. The Bertz CT molecular complexity index is 297. The number of piperazine rings is 1. The zero-order valence-electron chi connectivity index (χ0n) is 10.0. The van der Waals surface area contributed by atoms with Gasteiger partial charge in [-0.25, -0.2) is 0 Å². The summed E-state index contributed by atoms with van der Waals surface area (Å²) >= 11 is 0. The van der Waals surface area contributed by atoms with Gasteiger partial charge < -0.3 is 5.32 Å². The van der Waals surface area contributed by atoms with Crippen LogP contribution in [0.2, 0.25) is 0 Å². The average molecular weight is 219 g/mol. The van der Waals surface area contributed by atoms with Gasteiger partial charge in [-0.3, -0.25) is 9.88 Å². The summed E-state index contributed by atoms with van der Waals surface area (Å²) < 4.78 is 0. The van der Waals surface area contributed by atoms with Crippen molar-refractivity contribution in [2.45, 2.75) is 32.4 Å².